The molecule has 0 aliphatic carbocycles. The van der Waals surface area contributed by atoms with E-state index in [1.165, 1.54) is 4.90 Å². The van der Waals surface area contributed by atoms with Gasteiger partial charge in [0, 0.05) is 43.2 Å². The van der Waals surface area contributed by atoms with Crippen LogP contribution in [0.15, 0.2) is 36.4 Å². The summed E-state index contributed by atoms with van der Waals surface area (Å²) in [6, 6.07) is 10.2. The molecule has 2 fully saturated rings. The Balaban J connectivity index is 1.57. The SMILES string of the molecule is Cc1ccc(N2CCC3(CN(C(=O)c4cccc(Cl)c4)CCC3(F)F)C2)nn1. The molecule has 4 rings (SSSR count). The number of benzene rings is 1. The Labute approximate surface area is 167 Å². The summed E-state index contributed by atoms with van der Waals surface area (Å²) in [4.78, 5) is 16.3. The van der Waals surface area contributed by atoms with E-state index < -0.39 is 11.3 Å². The Morgan fingerprint density at radius 3 is 2.64 bits per heavy atom. The van der Waals surface area contributed by atoms with Crippen molar-refractivity contribution in [2.75, 3.05) is 31.1 Å². The van der Waals surface area contributed by atoms with Crippen molar-refractivity contribution in [1.82, 2.24) is 15.1 Å². The van der Waals surface area contributed by atoms with Crippen molar-refractivity contribution in [2.24, 2.45) is 5.41 Å². The van der Waals surface area contributed by atoms with E-state index in [0.29, 0.717) is 29.4 Å². The number of halogens is 3. The monoisotopic (exact) mass is 406 g/mol. The van der Waals surface area contributed by atoms with Gasteiger partial charge < -0.3 is 9.80 Å². The number of carbonyl (C=O) groups excluding carboxylic acids is 1. The van der Waals surface area contributed by atoms with E-state index in [0.717, 1.165) is 5.69 Å². The minimum absolute atomic E-state index is 0.0150. The summed E-state index contributed by atoms with van der Waals surface area (Å²) in [5.74, 6) is -2.51. The zero-order valence-corrected chi connectivity index (χ0v) is 16.3. The molecule has 1 spiro atoms. The fourth-order valence-corrected chi connectivity index (χ4v) is 4.32. The maximum atomic E-state index is 15.0. The van der Waals surface area contributed by atoms with Gasteiger partial charge in [-0.2, -0.15) is 5.10 Å². The van der Waals surface area contributed by atoms with Crippen molar-refractivity contribution in [2.45, 2.75) is 25.7 Å². The number of likely N-dealkylation sites (tertiary alicyclic amines) is 1. The number of carbonyl (C=O) groups is 1. The average molecular weight is 407 g/mol. The quantitative estimate of drug-likeness (QED) is 0.760. The van der Waals surface area contributed by atoms with Crippen LogP contribution < -0.4 is 4.90 Å². The number of rotatable bonds is 2. The Morgan fingerprint density at radius 2 is 1.93 bits per heavy atom. The summed E-state index contributed by atoms with van der Waals surface area (Å²) in [6.07, 6.45) is -0.0401. The molecule has 1 aromatic carbocycles. The zero-order valence-electron chi connectivity index (χ0n) is 15.5. The first-order valence-electron chi connectivity index (χ1n) is 9.28. The highest BCUT2D eigenvalue weighted by Crippen LogP contribution is 2.50. The molecule has 1 unspecified atom stereocenters. The molecule has 2 saturated heterocycles. The summed E-state index contributed by atoms with van der Waals surface area (Å²) in [5, 5.41) is 8.61. The van der Waals surface area contributed by atoms with Crippen LogP contribution in [0.4, 0.5) is 14.6 Å². The molecule has 0 bridgehead atoms. The van der Waals surface area contributed by atoms with E-state index in [1.54, 1.807) is 30.3 Å². The molecule has 28 heavy (non-hydrogen) atoms. The Morgan fingerprint density at radius 1 is 1.11 bits per heavy atom. The predicted molar refractivity (Wildman–Crippen MR) is 103 cm³/mol. The van der Waals surface area contributed by atoms with Crippen LogP contribution >= 0.6 is 11.6 Å². The second-order valence-electron chi connectivity index (χ2n) is 7.68. The number of alkyl halides is 2. The molecule has 2 aliphatic heterocycles. The normalized spacial score (nSPS) is 24.0. The molecule has 0 saturated carbocycles. The predicted octanol–water partition coefficient (Wildman–Crippen LogP) is 3.82. The second-order valence-corrected chi connectivity index (χ2v) is 8.11. The van der Waals surface area contributed by atoms with E-state index in [2.05, 4.69) is 10.2 Å². The van der Waals surface area contributed by atoms with Gasteiger partial charge in [-0.15, -0.1) is 5.10 Å². The first-order chi connectivity index (χ1) is 13.3. The van der Waals surface area contributed by atoms with Crippen LogP contribution in [0.2, 0.25) is 5.02 Å². The van der Waals surface area contributed by atoms with Gasteiger partial charge in [0.05, 0.1) is 11.1 Å². The Hall–Kier alpha value is -2.28. The van der Waals surface area contributed by atoms with Crippen LogP contribution in [0.5, 0.6) is 0 Å². The van der Waals surface area contributed by atoms with Crippen molar-refractivity contribution < 1.29 is 13.6 Å². The van der Waals surface area contributed by atoms with E-state index in [9.17, 15) is 13.6 Å². The van der Waals surface area contributed by atoms with Crippen molar-refractivity contribution >= 4 is 23.3 Å². The van der Waals surface area contributed by atoms with Crippen LogP contribution in [0, 0.1) is 12.3 Å². The number of hydrogen-bond acceptors (Lipinski definition) is 4. The minimum Gasteiger partial charge on any atom is -0.354 e. The molecule has 3 heterocycles. The van der Waals surface area contributed by atoms with Gasteiger partial charge in [0.2, 0.25) is 0 Å². The summed E-state index contributed by atoms with van der Waals surface area (Å²) >= 11 is 5.98. The van der Waals surface area contributed by atoms with Gasteiger partial charge in [-0.1, -0.05) is 17.7 Å². The number of hydrogen-bond donors (Lipinski definition) is 0. The Kier molecular flexibility index (Phi) is 4.73. The smallest absolute Gasteiger partial charge is 0.258 e. The van der Waals surface area contributed by atoms with Gasteiger partial charge in [-0.25, -0.2) is 8.78 Å². The number of amides is 1. The molecule has 1 atom stereocenters. The molecule has 5 nitrogen and oxygen atoms in total. The molecule has 1 amide bonds. The first-order valence-corrected chi connectivity index (χ1v) is 9.65. The first kappa shape index (κ1) is 19.1. The topological polar surface area (TPSA) is 49.3 Å². The van der Waals surface area contributed by atoms with Crippen molar-refractivity contribution in [1.29, 1.82) is 0 Å². The van der Waals surface area contributed by atoms with E-state index in [-0.39, 0.29) is 32.0 Å². The molecule has 148 valence electrons. The molecular weight excluding hydrogens is 386 g/mol. The van der Waals surface area contributed by atoms with Crippen LogP contribution in [-0.2, 0) is 0 Å². The molecule has 1 aromatic heterocycles. The number of anilines is 1. The zero-order chi connectivity index (χ0) is 19.9. The largest absolute Gasteiger partial charge is 0.354 e. The van der Waals surface area contributed by atoms with Gasteiger partial charge in [-0.05, 0) is 43.7 Å². The lowest BCUT2D eigenvalue weighted by atomic mass is 9.75. The highest BCUT2D eigenvalue weighted by Gasteiger charge is 2.60. The van der Waals surface area contributed by atoms with Crippen LogP contribution in [0.3, 0.4) is 0 Å². The van der Waals surface area contributed by atoms with Gasteiger partial charge in [0.15, 0.2) is 5.82 Å². The maximum absolute atomic E-state index is 15.0. The van der Waals surface area contributed by atoms with Gasteiger partial charge in [0.25, 0.3) is 11.8 Å². The number of nitrogens with zero attached hydrogens (tertiary/aromatic N) is 4. The van der Waals surface area contributed by atoms with Crippen molar-refractivity contribution in [3.8, 4) is 0 Å². The van der Waals surface area contributed by atoms with E-state index in [4.69, 9.17) is 11.6 Å². The highest BCUT2D eigenvalue weighted by atomic mass is 35.5. The van der Waals surface area contributed by atoms with Crippen LogP contribution in [-0.4, -0.2) is 53.1 Å². The minimum atomic E-state index is -2.84. The van der Waals surface area contributed by atoms with E-state index in [1.807, 2.05) is 17.9 Å². The third-order valence-electron chi connectivity index (χ3n) is 5.79. The molecule has 0 N–H and O–H groups in total. The maximum Gasteiger partial charge on any atom is 0.258 e. The lowest BCUT2D eigenvalue weighted by Gasteiger charge is -2.45. The van der Waals surface area contributed by atoms with Crippen LogP contribution in [0.1, 0.15) is 28.9 Å². The summed E-state index contributed by atoms with van der Waals surface area (Å²) in [6.45, 7) is 2.49. The van der Waals surface area contributed by atoms with E-state index >= 15 is 0 Å². The fourth-order valence-electron chi connectivity index (χ4n) is 4.13. The van der Waals surface area contributed by atoms with Crippen molar-refractivity contribution in [3.05, 3.63) is 52.7 Å². The van der Waals surface area contributed by atoms with Gasteiger partial charge >= 0.3 is 0 Å². The number of aryl methyl sites for hydroxylation is 1. The summed E-state index contributed by atoms with van der Waals surface area (Å²) in [7, 11) is 0. The molecule has 2 aliphatic rings. The molecule has 2 aromatic rings. The summed E-state index contributed by atoms with van der Waals surface area (Å²) < 4.78 is 30.0. The highest BCUT2D eigenvalue weighted by molar-refractivity contribution is 6.30. The Bertz CT molecular complexity index is 892. The van der Waals surface area contributed by atoms with Crippen molar-refractivity contribution in [3.63, 3.8) is 0 Å². The standard InChI is InChI=1S/C20H21ClF2N4O/c1-14-5-6-17(25-24-14)26-9-7-19(12-26)13-27(10-8-20(19,22)23)18(28)15-3-2-4-16(21)11-15/h2-6,11H,7-10,12-13H2,1H3. The lowest BCUT2D eigenvalue weighted by Crippen LogP contribution is -2.58. The number of aromatic nitrogens is 2. The fraction of sp³-hybridized carbons (Fsp3) is 0.450. The van der Waals surface area contributed by atoms with Gasteiger partial charge in [-0.3, -0.25) is 4.79 Å². The third kappa shape index (κ3) is 3.32. The third-order valence-corrected chi connectivity index (χ3v) is 6.02. The lowest BCUT2D eigenvalue weighted by molar-refractivity contribution is -0.150. The summed E-state index contributed by atoms with van der Waals surface area (Å²) in [5.41, 5.74) is -0.0856. The number of piperidine rings is 1. The molecular formula is C20H21ClF2N4O. The second kappa shape index (κ2) is 6.95. The molecule has 8 heteroatoms. The van der Waals surface area contributed by atoms with Crippen LogP contribution in [0.25, 0.3) is 0 Å². The van der Waals surface area contributed by atoms with Gasteiger partial charge in [0.1, 0.15) is 0 Å². The molecule has 0 radical (unpaired) electrons. The average Bonchev–Trinajstić information content (AvgIpc) is 3.10.